The van der Waals surface area contributed by atoms with Crippen LogP contribution in [-0.2, 0) is 16.1 Å². The standard InChI is InChI=1S/C21H17NO6S/c1-27-15-9-6-13(7-10-15)20(21(23)24)22(29(25)26)14-8-11-19-17(12-14)16-4-2-3-5-18(16)28-19/h2-12,20H,1H3,(H,23,24)(H,25,26)/p-1. The Morgan fingerprint density at radius 2 is 1.76 bits per heavy atom. The number of carboxylic acid groups (broad SMARTS) is 1. The average Bonchev–Trinajstić information content (AvgIpc) is 3.09. The van der Waals surface area contributed by atoms with Gasteiger partial charge in [-0.25, -0.2) is 4.79 Å². The first-order valence-corrected chi connectivity index (χ1v) is 9.69. The van der Waals surface area contributed by atoms with Gasteiger partial charge in [0.25, 0.3) is 0 Å². The molecule has 1 N–H and O–H groups in total. The summed E-state index contributed by atoms with van der Waals surface area (Å²) in [6.07, 6.45) is 0. The summed E-state index contributed by atoms with van der Waals surface area (Å²) < 4.78 is 35.9. The number of aliphatic carboxylic acids is 1. The number of benzene rings is 3. The maximum absolute atomic E-state index is 12.1. The van der Waals surface area contributed by atoms with Crippen LogP contribution >= 0.6 is 0 Å². The van der Waals surface area contributed by atoms with E-state index >= 15 is 0 Å². The molecule has 1 aromatic heterocycles. The van der Waals surface area contributed by atoms with Crippen molar-refractivity contribution in [2.75, 3.05) is 11.4 Å². The summed E-state index contributed by atoms with van der Waals surface area (Å²) in [6.45, 7) is 0. The molecule has 8 heteroatoms. The minimum atomic E-state index is -2.84. The van der Waals surface area contributed by atoms with E-state index in [0.717, 1.165) is 9.69 Å². The van der Waals surface area contributed by atoms with E-state index in [0.29, 0.717) is 27.9 Å². The minimum absolute atomic E-state index is 0.223. The maximum atomic E-state index is 12.1. The molecule has 0 aliphatic rings. The van der Waals surface area contributed by atoms with E-state index in [1.807, 2.05) is 24.3 Å². The average molecular weight is 410 g/mol. The van der Waals surface area contributed by atoms with Crippen LogP contribution in [0.4, 0.5) is 5.69 Å². The van der Waals surface area contributed by atoms with Crippen LogP contribution in [0.1, 0.15) is 11.6 Å². The molecule has 3 aromatic carbocycles. The van der Waals surface area contributed by atoms with Crippen molar-refractivity contribution < 1.29 is 27.8 Å². The molecule has 0 spiro atoms. The number of ether oxygens (including phenoxy) is 1. The normalized spacial score (nSPS) is 13.3. The fraction of sp³-hybridized carbons (Fsp3) is 0.0952. The molecule has 2 atom stereocenters. The van der Waals surface area contributed by atoms with Crippen molar-refractivity contribution in [3.8, 4) is 5.75 Å². The van der Waals surface area contributed by atoms with Gasteiger partial charge >= 0.3 is 5.97 Å². The van der Waals surface area contributed by atoms with Gasteiger partial charge in [0.2, 0.25) is 0 Å². The summed E-state index contributed by atoms with van der Waals surface area (Å²) in [7, 11) is 1.49. The highest BCUT2D eigenvalue weighted by atomic mass is 32.2. The quantitative estimate of drug-likeness (QED) is 0.482. The van der Waals surface area contributed by atoms with Crippen LogP contribution in [0.5, 0.6) is 5.75 Å². The smallest absolute Gasteiger partial charge is 0.332 e. The zero-order valence-corrected chi connectivity index (χ0v) is 16.1. The number of methoxy groups -OCH3 is 1. The summed E-state index contributed by atoms with van der Waals surface area (Å²) in [6, 6.07) is 17.0. The molecule has 29 heavy (non-hydrogen) atoms. The summed E-state index contributed by atoms with van der Waals surface area (Å²) in [5, 5.41) is 11.3. The third-order valence-corrected chi connectivity index (χ3v) is 5.42. The van der Waals surface area contributed by atoms with Crippen LogP contribution in [0.25, 0.3) is 21.9 Å². The molecule has 1 heterocycles. The Morgan fingerprint density at radius 1 is 1.07 bits per heavy atom. The third kappa shape index (κ3) is 3.43. The number of anilines is 1. The summed E-state index contributed by atoms with van der Waals surface area (Å²) in [5.74, 6) is -0.754. The van der Waals surface area contributed by atoms with Crippen molar-refractivity contribution in [1.29, 1.82) is 0 Å². The Hall–Kier alpha value is -3.36. The highest BCUT2D eigenvalue weighted by molar-refractivity contribution is 7.80. The second-order valence-corrected chi connectivity index (χ2v) is 7.16. The van der Waals surface area contributed by atoms with Crippen molar-refractivity contribution in [3.63, 3.8) is 0 Å². The molecular weight excluding hydrogens is 394 g/mol. The Bertz CT molecular complexity index is 1220. The molecule has 148 valence electrons. The number of nitrogens with zero attached hydrogens (tertiary/aromatic N) is 1. The molecule has 0 saturated carbocycles. The Balaban J connectivity index is 1.85. The van der Waals surface area contributed by atoms with Crippen molar-refractivity contribution in [1.82, 2.24) is 0 Å². The minimum Gasteiger partial charge on any atom is -0.755 e. The van der Waals surface area contributed by atoms with Crippen LogP contribution in [-0.4, -0.2) is 26.9 Å². The van der Waals surface area contributed by atoms with Crippen molar-refractivity contribution in [2.24, 2.45) is 0 Å². The largest absolute Gasteiger partial charge is 0.755 e. The van der Waals surface area contributed by atoms with Gasteiger partial charge in [-0.15, -0.1) is 0 Å². The van der Waals surface area contributed by atoms with Gasteiger partial charge in [0.05, 0.1) is 12.8 Å². The topological polar surface area (TPSA) is 103 Å². The van der Waals surface area contributed by atoms with Crippen LogP contribution in [0.3, 0.4) is 0 Å². The lowest BCUT2D eigenvalue weighted by Crippen LogP contribution is -2.35. The molecule has 7 nitrogen and oxygen atoms in total. The number of rotatable bonds is 6. The van der Waals surface area contributed by atoms with Crippen molar-refractivity contribution >= 4 is 44.9 Å². The van der Waals surface area contributed by atoms with Gasteiger partial charge in [-0.1, -0.05) is 30.3 Å². The van der Waals surface area contributed by atoms with Crippen LogP contribution in [0, 0.1) is 0 Å². The van der Waals surface area contributed by atoms with Gasteiger partial charge < -0.3 is 18.8 Å². The molecule has 0 bridgehead atoms. The van der Waals surface area contributed by atoms with Gasteiger partial charge in [-0.05, 0) is 42.0 Å². The maximum Gasteiger partial charge on any atom is 0.332 e. The fourth-order valence-corrected chi connectivity index (χ4v) is 4.01. The number of para-hydroxylation sites is 1. The number of fused-ring (bicyclic) bond motifs is 3. The van der Waals surface area contributed by atoms with Gasteiger partial charge in [0, 0.05) is 22.0 Å². The van der Waals surface area contributed by atoms with Crippen LogP contribution < -0.4 is 9.04 Å². The monoisotopic (exact) mass is 410 g/mol. The molecule has 0 aliphatic carbocycles. The zero-order chi connectivity index (χ0) is 20.5. The number of carbonyl (C=O) groups is 1. The van der Waals surface area contributed by atoms with E-state index in [2.05, 4.69) is 0 Å². The molecule has 0 saturated heterocycles. The number of hydrogen-bond acceptors (Lipinski definition) is 5. The lowest BCUT2D eigenvalue weighted by Gasteiger charge is -2.32. The first-order valence-electron chi connectivity index (χ1n) is 8.66. The predicted molar refractivity (Wildman–Crippen MR) is 108 cm³/mol. The molecule has 4 aromatic rings. The lowest BCUT2D eigenvalue weighted by atomic mass is 10.1. The first kappa shape index (κ1) is 19.0. The van der Waals surface area contributed by atoms with Gasteiger partial charge in [0.15, 0.2) is 6.04 Å². The van der Waals surface area contributed by atoms with Crippen molar-refractivity contribution in [2.45, 2.75) is 6.04 Å². The zero-order valence-electron chi connectivity index (χ0n) is 15.3. The van der Waals surface area contributed by atoms with E-state index in [1.165, 1.54) is 25.3 Å². The van der Waals surface area contributed by atoms with Crippen molar-refractivity contribution in [3.05, 3.63) is 72.3 Å². The van der Waals surface area contributed by atoms with E-state index in [-0.39, 0.29) is 5.69 Å². The summed E-state index contributed by atoms with van der Waals surface area (Å²) in [4.78, 5) is 12.0. The molecule has 0 radical (unpaired) electrons. The molecule has 0 aliphatic heterocycles. The summed E-state index contributed by atoms with van der Waals surface area (Å²) >= 11 is -2.84. The highest BCUT2D eigenvalue weighted by Gasteiger charge is 2.29. The second kappa shape index (κ2) is 7.57. The lowest BCUT2D eigenvalue weighted by molar-refractivity contribution is -0.138. The fourth-order valence-electron chi connectivity index (χ4n) is 3.34. The molecule has 4 rings (SSSR count). The van der Waals surface area contributed by atoms with Gasteiger partial charge in [-0.3, -0.25) is 8.51 Å². The predicted octanol–water partition coefficient (Wildman–Crippen LogP) is 4.02. The molecular formula is C21H16NO6S-. The van der Waals surface area contributed by atoms with Gasteiger partial charge in [0.1, 0.15) is 16.9 Å². The van der Waals surface area contributed by atoms with E-state index in [1.54, 1.807) is 24.3 Å². The highest BCUT2D eigenvalue weighted by Crippen LogP contribution is 2.35. The van der Waals surface area contributed by atoms with E-state index < -0.39 is 23.3 Å². The van der Waals surface area contributed by atoms with Gasteiger partial charge in [-0.2, -0.15) is 0 Å². The number of carboxylic acids is 1. The first-order chi connectivity index (χ1) is 14.0. The Labute approximate surface area is 168 Å². The van der Waals surface area contributed by atoms with E-state index in [9.17, 15) is 18.7 Å². The number of hydrogen-bond donors (Lipinski definition) is 1. The summed E-state index contributed by atoms with van der Waals surface area (Å²) in [5.41, 5.74) is 1.78. The molecule has 0 amide bonds. The second-order valence-electron chi connectivity index (χ2n) is 6.34. The number of furan rings is 1. The third-order valence-electron chi connectivity index (χ3n) is 4.68. The van der Waals surface area contributed by atoms with Crippen LogP contribution in [0.2, 0.25) is 0 Å². The van der Waals surface area contributed by atoms with Crippen LogP contribution in [0.15, 0.2) is 71.1 Å². The molecule has 2 unspecified atom stereocenters. The SMILES string of the molecule is COc1ccc(C(C(=O)O)N(c2ccc3oc4ccccc4c3c2)S(=O)[O-])cc1. The van der Waals surface area contributed by atoms with E-state index in [4.69, 9.17) is 9.15 Å². The Morgan fingerprint density at radius 3 is 2.41 bits per heavy atom. The molecule has 0 fully saturated rings. The Kier molecular flexibility index (Phi) is 4.96.